The fraction of sp³-hybridized carbons (Fsp3) is 0.500. The van der Waals surface area contributed by atoms with Gasteiger partial charge in [0.1, 0.15) is 5.75 Å². The summed E-state index contributed by atoms with van der Waals surface area (Å²) in [5.41, 5.74) is 3.66. The lowest BCUT2D eigenvalue weighted by molar-refractivity contribution is 0.0951. The highest BCUT2D eigenvalue weighted by Crippen LogP contribution is 2.48. The van der Waals surface area contributed by atoms with Gasteiger partial charge in [0, 0.05) is 16.7 Å². The summed E-state index contributed by atoms with van der Waals surface area (Å²) in [6.45, 7) is 1.98. The van der Waals surface area contributed by atoms with Gasteiger partial charge in [-0.2, -0.15) is 5.10 Å². The highest BCUT2D eigenvalue weighted by atomic mass is 35.5. The molecule has 2 saturated carbocycles. The molecule has 2 fully saturated rings. The molecule has 3 rings (SSSR count). The Morgan fingerprint density at radius 3 is 2.86 bits per heavy atom. The van der Waals surface area contributed by atoms with Gasteiger partial charge in [0.25, 0.3) is 5.91 Å². The molecule has 0 aliphatic heterocycles. The predicted octanol–water partition coefficient (Wildman–Crippen LogP) is 3.59. The molecule has 0 aromatic heterocycles. The summed E-state index contributed by atoms with van der Waals surface area (Å²) >= 11 is 5.84. The highest BCUT2D eigenvalue weighted by molar-refractivity contribution is 6.31. The van der Waals surface area contributed by atoms with Crippen molar-refractivity contribution in [2.75, 3.05) is 0 Å². The number of carbonyl (C=O) groups excluding carboxylic acids is 1. The Bertz CT molecular complexity index is 600. The Labute approximate surface area is 129 Å². The number of benzene rings is 1. The molecule has 0 saturated heterocycles. The van der Waals surface area contributed by atoms with Crippen molar-refractivity contribution in [2.24, 2.45) is 22.9 Å². The highest BCUT2D eigenvalue weighted by Gasteiger charge is 2.40. The van der Waals surface area contributed by atoms with Crippen LogP contribution in [0.5, 0.6) is 5.75 Å². The zero-order chi connectivity index (χ0) is 15.0. The maximum atomic E-state index is 12.1. The van der Waals surface area contributed by atoms with Crippen molar-refractivity contribution in [3.8, 4) is 5.75 Å². The summed E-state index contributed by atoms with van der Waals surface area (Å²) in [5.74, 6) is 1.55. The van der Waals surface area contributed by atoms with Gasteiger partial charge < -0.3 is 5.11 Å². The Morgan fingerprint density at radius 1 is 1.38 bits per heavy atom. The van der Waals surface area contributed by atoms with Gasteiger partial charge in [-0.1, -0.05) is 18.0 Å². The molecule has 21 heavy (non-hydrogen) atoms. The van der Waals surface area contributed by atoms with Crippen LogP contribution in [-0.4, -0.2) is 16.7 Å². The van der Waals surface area contributed by atoms with Gasteiger partial charge in [-0.25, -0.2) is 5.43 Å². The number of fused-ring (bicyclic) bond motifs is 2. The first-order valence-electron chi connectivity index (χ1n) is 7.37. The topological polar surface area (TPSA) is 61.7 Å². The molecule has 2 N–H and O–H groups in total. The summed E-state index contributed by atoms with van der Waals surface area (Å²) in [5, 5.41) is 14.3. The molecule has 0 unspecified atom stereocenters. The number of phenols is 1. The predicted molar refractivity (Wildman–Crippen MR) is 82.6 cm³/mol. The van der Waals surface area contributed by atoms with Crippen LogP contribution >= 0.6 is 11.6 Å². The first-order chi connectivity index (χ1) is 10.0. The molecule has 2 aliphatic rings. The maximum Gasteiger partial charge on any atom is 0.275 e. The minimum absolute atomic E-state index is 0.0929. The largest absolute Gasteiger partial charge is 0.507 e. The quantitative estimate of drug-likeness (QED) is 0.662. The SMILES string of the molecule is C/C(=N/NC(=O)c1cc(Cl)ccc1O)[C@H]1C[C@@H]2CC[C@@H]1C2. The smallest absolute Gasteiger partial charge is 0.275 e. The van der Waals surface area contributed by atoms with Gasteiger partial charge in [0.05, 0.1) is 5.56 Å². The second-order valence-electron chi connectivity index (χ2n) is 6.14. The van der Waals surface area contributed by atoms with Gasteiger partial charge >= 0.3 is 0 Å². The first-order valence-corrected chi connectivity index (χ1v) is 7.75. The lowest BCUT2D eigenvalue weighted by Crippen LogP contribution is -2.24. The number of nitrogens with zero attached hydrogens (tertiary/aromatic N) is 1. The number of aromatic hydroxyl groups is 1. The van der Waals surface area contributed by atoms with Crippen molar-refractivity contribution >= 4 is 23.2 Å². The van der Waals surface area contributed by atoms with Crippen molar-refractivity contribution in [2.45, 2.75) is 32.6 Å². The Morgan fingerprint density at radius 2 is 2.19 bits per heavy atom. The molecule has 0 heterocycles. The molecule has 2 bridgehead atoms. The first kappa shape index (κ1) is 14.4. The van der Waals surface area contributed by atoms with E-state index in [1.807, 2.05) is 6.92 Å². The zero-order valence-electron chi connectivity index (χ0n) is 12.0. The number of phenolic OH excluding ortho intramolecular Hbond substituents is 1. The van der Waals surface area contributed by atoms with Gasteiger partial charge in [-0.05, 0) is 56.2 Å². The molecule has 112 valence electrons. The molecule has 0 spiro atoms. The van der Waals surface area contributed by atoms with E-state index in [9.17, 15) is 9.90 Å². The molecular formula is C16H19ClN2O2. The van der Waals surface area contributed by atoms with Crippen LogP contribution in [0.4, 0.5) is 0 Å². The third kappa shape index (κ3) is 2.91. The van der Waals surface area contributed by atoms with Crippen LogP contribution in [0.15, 0.2) is 23.3 Å². The van der Waals surface area contributed by atoms with Crippen molar-refractivity contribution < 1.29 is 9.90 Å². The van der Waals surface area contributed by atoms with E-state index in [0.29, 0.717) is 10.9 Å². The molecule has 4 nitrogen and oxygen atoms in total. The van der Waals surface area contributed by atoms with E-state index in [1.165, 1.54) is 43.9 Å². The van der Waals surface area contributed by atoms with Gasteiger partial charge in [0.2, 0.25) is 0 Å². The number of amides is 1. The number of rotatable bonds is 3. The average Bonchev–Trinajstić information content (AvgIpc) is 3.09. The molecule has 5 heteroatoms. The van der Waals surface area contributed by atoms with Crippen LogP contribution < -0.4 is 5.43 Å². The van der Waals surface area contributed by atoms with Gasteiger partial charge in [-0.3, -0.25) is 4.79 Å². The summed E-state index contributed by atoms with van der Waals surface area (Å²) in [6.07, 6.45) is 5.13. The Balaban J connectivity index is 1.67. The van der Waals surface area contributed by atoms with E-state index < -0.39 is 5.91 Å². The van der Waals surface area contributed by atoms with E-state index in [-0.39, 0.29) is 11.3 Å². The lowest BCUT2D eigenvalue weighted by atomic mass is 9.86. The Kier molecular flexibility index (Phi) is 3.89. The number of hydrogen-bond donors (Lipinski definition) is 2. The van der Waals surface area contributed by atoms with E-state index in [4.69, 9.17) is 11.6 Å². The van der Waals surface area contributed by atoms with Crippen molar-refractivity contribution in [3.05, 3.63) is 28.8 Å². The maximum absolute atomic E-state index is 12.1. The third-order valence-electron chi connectivity index (χ3n) is 4.81. The summed E-state index contributed by atoms with van der Waals surface area (Å²) in [6, 6.07) is 4.38. The normalized spacial score (nSPS) is 27.9. The monoisotopic (exact) mass is 306 g/mol. The standard InChI is InChI=1S/C16H19ClN2O2/c1-9(13-7-10-2-3-11(13)6-10)18-19-16(21)14-8-12(17)4-5-15(14)20/h4-5,8,10-11,13,20H,2-3,6-7H2,1H3,(H,19,21)/b18-9-/t10-,11-,13-/m1/s1. The molecule has 1 aromatic carbocycles. The lowest BCUT2D eigenvalue weighted by Gasteiger charge is -2.21. The Hall–Kier alpha value is -1.55. The van der Waals surface area contributed by atoms with E-state index >= 15 is 0 Å². The molecule has 1 amide bonds. The second kappa shape index (κ2) is 5.68. The summed E-state index contributed by atoms with van der Waals surface area (Å²) in [7, 11) is 0. The van der Waals surface area contributed by atoms with E-state index in [2.05, 4.69) is 10.5 Å². The molecule has 2 aliphatic carbocycles. The van der Waals surface area contributed by atoms with Crippen LogP contribution in [0, 0.1) is 17.8 Å². The molecule has 3 atom stereocenters. The summed E-state index contributed by atoms with van der Waals surface area (Å²) < 4.78 is 0. The van der Waals surface area contributed by atoms with Gasteiger partial charge in [0.15, 0.2) is 0 Å². The number of halogens is 1. The molecule has 1 aromatic rings. The zero-order valence-corrected chi connectivity index (χ0v) is 12.7. The molecular weight excluding hydrogens is 288 g/mol. The minimum Gasteiger partial charge on any atom is -0.507 e. The van der Waals surface area contributed by atoms with Gasteiger partial charge in [-0.15, -0.1) is 0 Å². The van der Waals surface area contributed by atoms with Crippen molar-refractivity contribution in [1.29, 1.82) is 0 Å². The molecule has 0 radical (unpaired) electrons. The van der Waals surface area contributed by atoms with Crippen LogP contribution in [0.3, 0.4) is 0 Å². The fourth-order valence-electron chi connectivity index (χ4n) is 3.73. The minimum atomic E-state index is -0.433. The van der Waals surface area contributed by atoms with E-state index in [0.717, 1.165) is 17.5 Å². The second-order valence-corrected chi connectivity index (χ2v) is 6.57. The van der Waals surface area contributed by atoms with E-state index in [1.54, 1.807) is 0 Å². The van der Waals surface area contributed by atoms with Crippen LogP contribution in [0.25, 0.3) is 0 Å². The summed E-state index contributed by atoms with van der Waals surface area (Å²) in [4.78, 5) is 12.1. The average molecular weight is 307 g/mol. The number of hydrogen-bond acceptors (Lipinski definition) is 3. The van der Waals surface area contributed by atoms with Crippen molar-refractivity contribution in [1.82, 2.24) is 5.43 Å². The van der Waals surface area contributed by atoms with Crippen LogP contribution in [0.2, 0.25) is 5.02 Å². The number of carbonyl (C=O) groups is 1. The van der Waals surface area contributed by atoms with Crippen LogP contribution in [-0.2, 0) is 0 Å². The number of hydrazone groups is 1. The fourth-order valence-corrected chi connectivity index (χ4v) is 3.90. The third-order valence-corrected chi connectivity index (χ3v) is 5.05. The van der Waals surface area contributed by atoms with Crippen LogP contribution in [0.1, 0.15) is 43.0 Å². The number of nitrogens with one attached hydrogen (secondary N) is 1. The van der Waals surface area contributed by atoms with Crippen molar-refractivity contribution in [3.63, 3.8) is 0 Å².